The molecule has 0 radical (unpaired) electrons. The second kappa shape index (κ2) is 9.51. The summed E-state index contributed by atoms with van der Waals surface area (Å²) in [5.41, 5.74) is 0. The van der Waals surface area contributed by atoms with Gasteiger partial charge < -0.3 is 18.9 Å². The second-order valence-corrected chi connectivity index (χ2v) is 7.81. The van der Waals surface area contributed by atoms with E-state index in [1.807, 2.05) is 0 Å². The van der Waals surface area contributed by atoms with Crippen LogP contribution in [0.3, 0.4) is 0 Å². The van der Waals surface area contributed by atoms with Crippen LogP contribution in [0, 0.1) is 17.8 Å². The summed E-state index contributed by atoms with van der Waals surface area (Å²) in [6, 6.07) is 0. The van der Waals surface area contributed by atoms with Crippen molar-refractivity contribution >= 4 is 11.9 Å². The molecule has 1 saturated carbocycles. The zero-order valence-corrected chi connectivity index (χ0v) is 16.5. The SMILES string of the molecule is CC(=O)OC[C@H]1O[C@H](O[C@H]2C[C@@H](C)CC[C@@H]2C(C)C)C=C[C@@H]1OC(C)=O. The summed E-state index contributed by atoms with van der Waals surface area (Å²) in [6.45, 7) is 9.42. The first-order valence-electron chi connectivity index (χ1n) is 9.56. The van der Waals surface area contributed by atoms with Crippen LogP contribution >= 0.6 is 0 Å². The molecule has 1 aliphatic carbocycles. The van der Waals surface area contributed by atoms with E-state index in [1.165, 1.54) is 20.3 Å². The molecule has 0 aromatic carbocycles. The number of rotatable bonds is 6. The fraction of sp³-hybridized carbons (Fsp3) is 0.800. The molecule has 0 aromatic heterocycles. The first-order valence-corrected chi connectivity index (χ1v) is 9.56. The third-order valence-electron chi connectivity index (χ3n) is 5.16. The Morgan fingerprint density at radius 1 is 1.15 bits per heavy atom. The van der Waals surface area contributed by atoms with Gasteiger partial charge in [-0.2, -0.15) is 0 Å². The van der Waals surface area contributed by atoms with Gasteiger partial charge in [-0.3, -0.25) is 9.59 Å². The third-order valence-corrected chi connectivity index (χ3v) is 5.16. The van der Waals surface area contributed by atoms with Gasteiger partial charge in [-0.15, -0.1) is 0 Å². The first-order chi connectivity index (χ1) is 12.3. The van der Waals surface area contributed by atoms with E-state index in [4.69, 9.17) is 18.9 Å². The standard InChI is InChI=1S/C20H32O6/c1-12(2)16-7-6-13(3)10-18(16)25-20-9-8-17(24-15(5)22)19(26-20)11-23-14(4)21/h8-9,12-13,16-20H,6-7,10-11H2,1-5H3/t13-,16+,17-,18-,19+,20-/m0/s1. The maximum atomic E-state index is 11.3. The molecule has 0 spiro atoms. The lowest BCUT2D eigenvalue weighted by atomic mass is 9.75. The van der Waals surface area contributed by atoms with E-state index in [-0.39, 0.29) is 12.7 Å². The van der Waals surface area contributed by atoms with Gasteiger partial charge in [0.1, 0.15) is 18.8 Å². The van der Waals surface area contributed by atoms with Crippen molar-refractivity contribution in [3.8, 4) is 0 Å². The number of carbonyl (C=O) groups is 2. The van der Waals surface area contributed by atoms with E-state index in [9.17, 15) is 9.59 Å². The van der Waals surface area contributed by atoms with Gasteiger partial charge in [0.15, 0.2) is 6.29 Å². The molecule has 0 unspecified atom stereocenters. The van der Waals surface area contributed by atoms with Crippen molar-refractivity contribution in [3.63, 3.8) is 0 Å². The van der Waals surface area contributed by atoms with Gasteiger partial charge in [0, 0.05) is 13.8 Å². The Hall–Kier alpha value is -1.40. The Bertz CT molecular complexity index is 514. The van der Waals surface area contributed by atoms with Gasteiger partial charge >= 0.3 is 11.9 Å². The lowest BCUT2D eigenvalue weighted by Crippen LogP contribution is -2.44. The van der Waals surface area contributed by atoms with E-state index >= 15 is 0 Å². The number of hydrogen-bond acceptors (Lipinski definition) is 6. The lowest BCUT2D eigenvalue weighted by molar-refractivity contribution is -0.222. The maximum Gasteiger partial charge on any atom is 0.303 e. The molecule has 0 bridgehead atoms. The minimum atomic E-state index is -0.585. The summed E-state index contributed by atoms with van der Waals surface area (Å²) < 4.78 is 22.5. The summed E-state index contributed by atoms with van der Waals surface area (Å²) in [4.78, 5) is 22.4. The molecule has 2 aliphatic rings. The van der Waals surface area contributed by atoms with E-state index in [2.05, 4.69) is 20.8 Å². The Labute approximate surface area is 156 Å². The highest BCUT2D eigenvalue weighted by Crippen LogP contribution is 2.36. The summed E-state index contributed by atoms with van der Waals surface area (Å²) in [7, 11) is 0. The average Bonchev–Trinajstić information content (AvgIpc) is 2.54. The van der Waals surface area contributed by atoms with Crippen molar-refractivity contribution in [2.45, 2.75) is 78.5 Å². The fourth-order valence-electron chi connectivity index (χ4n) is 3.78. The van der Waals surface area contributed by atoms with Crippen LogP contribution in [0.5, 0.6) is 0 Å². The van der Waals surface area contributed by atoms with Crippen molar-refractivity contribution in [2.75, 3.05) is 6.61 Å². The van der Waals surface area contributed by atoms with Gasteiger partial charge in [-0.1, -0.05) is 27.2 Å². The van der Waals surface area contributed by atoms with Crippen LogP contribution in [0.25, 0.3) is 0 Å². The highest BCUT2D eigenvalue weighted by Gasteiger charge is 2.36. The molecule has 6 heteroatoms. The van der Waals surface area contributed by atoms with Gasteiger partial charge in [-0.25, -0.2) is 0 Å². The third kappa shape index (κ3) is 6.09. The zero-order valence-electron chi connectivity index (χ0n) is 16.5. The topological polar surface area (TPSA) is 71.1 Å². The molecular weight excluding hydrogens is 336 g/mol. The molecule has 2 rings (SSSR count). The van der Waals surface area contributed by atoms with Crippen molar-refractivity contribution < 1.29 is 28.5 Å². The molecule has 0 saturated heterocycles. The van der Waals surface area contributed by atoms with Gasteiger partial charge in [0.2, 0.25) is 0 Å². The zero-order chi connectivity index (χ0) is 19.3. The van der Waals surface area contributed by atoms with Crippen LogP contribution in [0.15, 0.2) is 12.2 Å². The van der Waals surface area contributed by atoms with E-state index in [1.54, 1.807) is 12.2 Å². The molecule has 26 heavy (non-hydrogen) atoms. The monoisotopic (exact) mass is 368 g/mol. The molecule has 1 fully saturated rings. The maximum absolute atomic E-state index is 11.3. The number of carbonyl (C=O) groups excluding carboxylic acids is 2. The van der Waals surface area contributed by atoms with Crippen molar-refractivity contribution in [3.05, 3.63) is 12.2 Å². The molecule has 0 aromatic rings. The van der Waals surface area contributed by atoms with E-state index < -0.39 is 30.4 Å². The highest BCUT2D eigenvalue weighted by molar-refractivity contribution is 5.66. The smallest absolute Gasteiger partial charge is 0.303 e. The summed E-state index contributed by atoms with van der Waals surface area (Å²) in [5, 5.41) is 0. The van der Waals surface area contributed by atoms with Crippen LogP contribution in [0.2, 0.25) is 0 Å². The van der Waals surface area contributed by atoms with Crippen LogP contribution in [-0.2, 0) is 28.5 Å². The van der Waals surface area contributed by atoms with E-state index in [0.717, 1.165) is 12.8 Å². The first kappa shape index (κ1) is 20.9. The number of esters is 2. The Morgan fingerprint density at radius 2 is 1.88 bits per heavy atom. The average molecular weight is 368 g/mol. The minimum absolute atomic E-state index is 0.0200. The highest BCUT2D eigenvalue weighted by atomic mass is 16.7. The second-order valence-electron chi connectivity index (χ2n) is 7.81. The molecular formula is C20H32O6. The molecule has 1 aliphatic heterocycles. The van der Waals surface area contributed by atoms with Gasteiger partial charge in [0.05, 0.1) is 6.10 Å². The molecule has 1 heterocycles. The molecule has 0 N–H and O–H groups in total. The molecule has 0 amide bonds. The van der Waals surface area contributed by atoms with Crippen LogP contribution in [0.1, 0.15) is 53.9 Å². The lowest BCUT2D eigenvalue weighted by Gasteiger charge is -2.40. The summed E-state index contributed by atoms with van der Waals surface area (Å²) in [5.74, 6) is 0.875. The van der Waals surface area contributed by atoms with Gasteiger partial charge in [0.25, 0.3) is 0 Å². The summed E-state index contributed by atoms with van der Waals surface area (Å²) in [6.07, 6.45) is 5.40. The predicted molar refractivity (Wildman–Crippen MR) is 96.2 cm³/mol. The Morgan fingerprint density at radius 3 is 2.50 bits per heavy atom. The fourth-order valence-corrected chi connectivity index (χ4v) is 3.78. The van der Waals surface area contributed by atoms with E-state index in [0.29, 0.717) is 17.8 Å². The normalized spacial score (nSPS) is 34.5. The number of ether oxygens (including phenoxy) is 4. The quantitative estimate of drug-likeness (QED) is 0.529. The molecule has 148 valence electrons. The molecule has 6 atom stereocenters. The molecule has 6 nitrogen and oxygen atoms in total. The number of hydrogen-bond donors (Lipinski definition) is 0. The van der Waals surface area contributed by atoms with Crippen molar-refractivity contribution in [1.82, 2.24) is 0 Å². The summed E-state index contributed by atoms with van der Waals surface area (Å²) >= 11 is 0. The van der Waals surface area contributed by atoms with Crippen LogP contribution in [0.4, 0.5) is 0 Å². The van der Waals surface area contributed by atoms with Gasteiger partial charge in [-0.05, 0) is 42.7 Å². The largest absolute Gasteiger partial charge is 0.463 e. The Kier molecular flexibility index (Phi) is 7.65. The van der Waals surface area contributed by atoms with Crippen LogP contribution in [-0.4, -0.2) is 43.1 Å². The van der Waals surface area contributed by atoms with Crippen molar-refractivity contribution in [1.29, 1.82) is 0 Å². The van der Waals surface area contributed by atoms with Crippen LogP contribution < -0.4 is 0 Å². The predicted octanol–water partition coefficient (Wildman–Crippen LogP) is 3.24. The Balaban J connectivity index is 2.03. The minimum Gasteiger partial charge on any atom is -0.463 e. The van der Waals surface area contributed by atoms with Crippen molar-refractivity contribution in [2.24, 2.45) is 17.8 Å².